The van der Waals surface area contributed by atoms with Crippen molar-refractivity contribution in [3.8, 4) is 0 Å². The molecule has 144 valence electrons. The minimum absolute atomic E-state index is 0.0114. The predicted molar refractivity (Wildman–Crippen MR) is 94.3 cm³/mol. The molecule has 3 heterocycles. The minimum atomic E-state index is -0.0842. The molecule has 9 heteroatoms. The van der Waals surface area contributed by atoms with Crippen LogP contribution in [-0.4, -0.2) is 95.0 Å². The van der Waals surface area contributed by atoms with E-state index in [9.17, 15) is 9.59 Å². The molecule has 0 spiro atoms. The summed E-state index contributed by atoms with van der Waals surface area (Å²) in [6.45, 7) is 6.69. The van der Waals surface area contributed by atoms with Gasteiger partial charge < -0.3 is 19.2 Å². The number of aryl methyl sites for hydroxylation is 1. The molecular weight excluding hydrogens is 336 g/mol. The minimum Gasteiger partial charge on any atom is -0.340 e. The van der Waals surface area contributed by atoms with Gasteiger partial charge in [-0.1, -0.05) is 5.16 Å². The SMILES string of the molecule is Cc1nc(CN2CCN(C(=O)[C@H]3CCCN(C(=O)N(C)C)C3)CC2)no1. The molecule has 1 aromatic heterocycles. The first-order chi connectivity index (χ1) is 12.4. The zero-order valence-electron chi connectivity index (χ0n) is 15.8. The molecule has 9 nitrogen and oxygen atoms in total. The van der Waals surface area contributed by atoms with Gasteiger partial charge >= 0.3 is 6.03 Å². The molecule has 0 radical (unpaired) electrons. The van der Waals surface area contributed by atoms with Crippen LogP contribution in [0.2, 0.25) is 0 Å². The third-order valence-corrected chi connectivity index (χ3v) is 5.04. The topological polar surface area (TPSA) is 86.0 Å². The lowest BCUT2D eigenvalue weighted by Gasteiger charge is -2.39. The summed E-state index contributed by atoms with van der Waals surface area (Å²) in [7, 11) is 3.50. The molecule has 26 heavy (non-hydrogen) atoms. The summed E-state index contributed by atoms with van der Waals surface area (Å²) >= 11 is 0. The fraction of sp³-hybridized carbons (Fsp3) is 0.765. The van der Waals surface area contributed by atoms with Crippen LogP contribution in [0.1, 0.15) is 24.6 Å². The molecule has 2 aliphatic heterocycles. The zero-order chi connectivity index (χ0) is 18.7. The smallest absolute Gasteiger partial charge is 0.319 e. The maximum Gasteiger partial charge on any atom is 0.319 e. The zero-order valence-corrected chi connectivity index (χ0v) is 15.8. The Hall–Kier alpha value is -2.16. The normalized spacial score (nSPS) is 21.7. The van der Waals surface area contributed by atoms with Crippen molar-refractivity contribution in [2.24, 2.45) is 5.92 Å². The van der Waals surface area contributed by atoms with E-state index in [2.05, 4.69) is 15.0 Å². The average Bonchev–Trinajstić information content (AvgIpc) is 3.06. The van der Waals surface area contributed by atoms with Crippen molar-refractivity contribution in [1.29, 1.82) is 0 Å². The van der Waals surface area contributed by atoms with Crippen molar-refractivity contribution < 1.29 is 14.1 Å². The van der Waals surface area contributed by atoms with Crippen molar-refractivity contribution in [1.82, 2.24) is 29.7 Å². The number of rotatable bonds is 3. The van der Waals surface area contributed by atoms with Crippen LogP contribution in [0.15, 0.2) is 4.52 Å². The number of urea groups is 1. The lowest BCUT2D eigenvalue weighted by Crippen LogP contribution is -2.53. The number of carbonyl (C=O) groups is 2. The summed E-state index contributed by atoms with van der Waals surface area (Å²) < 4.78 is 5.00. The first-order valence-corrected chi connectivity index (χ1v) is 9.20. The van der Waals surface area contributed by atoms with Crippen LogP contribution in [0.25, 0.3) is 0 Å². The molecule has 3 amide bonds. The largest absolute Gasteiger partial charge is 0.340 e. The fourth-order valence-corrected chi connectivity index (χ4v) is 3.63. The lowest BCUT2D eigenvalue weighted by molar-refractivity contribution is -0.138. The Kier molecular flexibility index (Phi) is 5.75. The second-order valence-corrected chi connectivity index (χ2v) is 7.29. The van der Waals surface area contributed by atoms with E-state index >= 15 is 0 Å². The van der Waals surface area contributed by atoms with Gasteiger partial charge in [0, 0.05) is 60.3 Å². The van der Waals surface area contributed by atoms with E-state index in [-0.39, 0.29) is 17.9 Å². The van der Waals surface area contributed by atoms with Crippen molar-refractivity contribution in [3.63, 3.8) is 0 Å². The summed E-state index contributed by atoms with van der Waals surface area (Å²) in [6.07, 6.45) is 1.74. The highest BCUT2D eigenvalue weighted by molar-refractivity contribution is 5.81. The summed E-state index contributed by atoms with van der Waals surface area (Å²) in [6, 6.07) is -0.0114. The molecule has 3 rings (SSSR count). The molecular formula is C17H28N6O3. The molecule has 0 aromatic carbocycles. The summed E-state index contributed by atoms with van der Waals surface area (Å²) in [5, 5.41) is 3.93. The van der Waals surface area contributed by atoms with Gasteiger partial charge in [-0.15, -0.1) is 0 Å². The van der Waals surface area contributed by atoms with Crippen LogP contribution in [0.5, 0.6) is 0 Å². The van der Waals surface area contributed by atoms with Crippen LogP contribution in [-0.2, 0) is 11.3 Å². The molecule has 1 aromatic rings. The van der Waals surface area contributed by atoms with Gasteiger partial charge in [0.05, 0.1) is 12.5 Å². The third-order valence-electron chi connectivity index (χ3n) is 5.04. The molecule has 1 atom stereocenters. The molecule has 2 aliphatic rings. The fourth-order valence-electron chi connectivity index (χ4n) is 3.63. The number of piperazine rings is 1. The second kappa shape index (κ2) is 8.03. The quantitative estimate of drug-likeness (QED) is 0.772. The van der Waals surface area contributed by atoms with E-state index in [4.69, 9.17) is 4.52 Å². The van der Waals surface area contributed by atoms with Gasteiger partial charge in [0.2, 0.25) is 11.8 Å². The van der Waals surface area contributed by atoms with E-state index < -0.39 is 0 Å². The van der Waals surface area contributed by atoms with Gasteiger partial charge in [-0.3, -0.25) is 9.69 Å². The number of amides is 3. The highest BCUT2D eigenvalue weighted by Crippen LogP contribution is 2.20. The lowest BCUT2D eigenvalue weighted by atomic mass is 9.96. The predicted octanol–water partition coefficient (Wildman–Crippen LogP) is 0.416. The maximum absolute atomic E-state index is 12.9. The Balaban J connectivity index is 1.49. The number of nitrogens with zero attached hydrogens (tertiary/aromatic N) is 6. The first kappa shape index (κ1) is 18.6. The Morgan fingerprint density at radius 2 is 1.88 bits per heavy atom. The molecule has 2 saturated heterocycles. The van der Waals surface area contributed by atoms with Crippen molar-refractivity contribution >= 4 is 11.9 Å². The van der Waals surface area contributed by atoms with E-state index in [0.717, 1.165) is 32.5 Å². The standard InChI is InChI=1S/C17H28N6O3/c1-13-18-15(19-26-13)12-21-7-9-22(10-8-21)16(24)14-5-4-6-23(11-14)17(25)20(2)3/h14H,4-12H2,1-3H3/t14-/m0/s1. The maximum atomic E-state index is 12.9. The van der Waals surface area contributed by atoms with Gasteiger partial charge in [0.15, 0.2) is 5.82 Å². The summed E-state index contributed by atoms with van der Waals surface area (Å²) in [4.78, 5) is 36.8. The summed E-state index contributed by atoms with van der Waals surface area (Å²) in [5.74, 6) is 1.35. The van der Waals surface area contributed by atoms with Crippen molar-refractivity contribution in [2.45, 2.75) is 26.3 Å². The van der Waals surface area contributed by atoms with Gasteiger partial charge in [0.1, 0.15) is 0 Å². The summed E-state index contributed by atoms with van der Waals surface area (Å²) in [5.41, 5.74) is 0. The van der Waals surface area contributed by atoms with Gasteiger partial charge in [-0.05, 0) is 12.8 Å². The first-order valence-electron chi connectivity index (χ1n) is 9.20. The molecule has 0 aliphatic carbocycles. The van der Waals surface area contributed by atoms with Crippen LogP contribution in [0, 0.1) is 12.8 Å². The molecule has 0 bridgehead atoms. The highest BCUT2D eigenvalue weighted by atomic mass is 16.5. The number of carbonyl (C=O) groups excluding carboxylic acids is 2. The number of piperidine rings is 1. The van der Waals surface area contributed by atoms with Crippen LogP contribution < -0.4 is 0 Å². The van der Waals surface area contributed by atoms with Gasteiger partial charge in [-0.2, -0.15) is 4.98 Å². The Labute approximate surface area is 153 Å². The van der Waals surface area contributed by atoms with Crippen molar-refractivity contribution in [3.05, 3.63) is 11.7 Å². The van der Waals surface area contributed by atoms with Gasteiger partial charge in [-0.25, -0.2) is 4.79 Å². The number of hydrogen-bond donors (Lipinski definition) is 0. The Morgan fingerprint density at radius 3 is 2.50 bits per heavy atom. The van der Waals surface area contributed by atoms with Crippen LogP contribution >= 0.6 is 0 Å². The van der Waals surface area contributed by atoms with Gasteiger partial charge in [0.25, 0.3) is 0 Å². The van der Waals surface area contributed by atoms with E-state index in [1.807, 2.05) is 4.90 Å². The molecule has 0 unspecified atom stereocenters. The second-order valence-electron chi connectivity index (χ2n) is 7.29. The van der Waals surface area contributed by atoms with E-state index in [1.165, 1.54) is 0 Å². The number of aromatic nitrogens is 2. The monoisotopic (exact) mass is 364 g/mol. The van der Waals surface area contributed by atoms with Crippen molar-refractivity contribution in [2.75, 3.05) is 53.4 Å². The molecule has 2 fully saturated rings. The van der Waals surface area contributed by atoms with E-state index in [0.29, 0.717) is 37.9 Å². The Morgan fingerprint density at radius 1 is 1.15 bits per heavy atom. The molecule has 0 N–H and O–H groups in total. The molecule has 0 saturated carbocycles. The Bertz CT molecular complexity index is 638. The van der Waals surface area contributed by atoms with E-state index in [1.54, 1.807) is 30.8 Å². The van der Waals surface area contributed by atoms with Crippen LogP contribution in [0.4, 0.5) is 4.79 Å². The van der Waals surface area contributed by atoms with Crippen LogP contribution in [0.3, 0.4) is 0 Å². The number of hydrogen-bond acceptors (Lipinski definition) is 6. The highest BCUT2D eigenvalue weighted by Gasteiger charge is 2.33. The number of likely N-dealkylation sites (tertiary alicyclic amines) is 1. The third kappa shape index (κ3) is 4.32. The average molecular weight is 364 g/mol.